The first-order valence-corrected chi connectivity index (χ1v) is 9.23. The molecule has 134 valence electrons. The number of nitrogens with one attached hydrogen (secondary N) is 1. The van der Waals surface area contributed by atoms with Crippen molar-refractivity contribution < 1.29 is 9.53 Å². The number of carbonyl (C=O) groups excluding carboxylic acids is 1. The molecule has 0 bridgehead atoms. The average molecular weight is 367 g/mol. The lowest BCUT2D eigenvalue weighted by Gasteiger charge is -2.25. The Balaban J connectivity index is 1.80. The number of rotatable bonds is 5. The van der Waals surface area contributed by atoms with Crippen LogP contribution in [-0.4, -0.2) is 18.2 Å². The molecule has 0 aliphatic carbocycles. The van der Waals surface area contributed by atoms with Crippen LogP contribution >= 0.6 is 11.8 Å². The van der Waals surface area contributed by atoms with Crippen LogP contribution in [0.25, 0.3) is 0 Å². The summed E-state index contributed by atoms with van der Waals surface area (Å²) in [4.78, 5) is 16.7. The van der Waals surface area contributed by atoms with Crippen LogP contribution < -0.4 is 15.8 Å². The maximum absolute atomic E-state index is 11.9. The highest BCUT2D eigenvalue weighted by molar-refractivity contribution is 8.13. The Bertz CT molecular complexity index is 845. The third-order valence-corrected chi connectivity index (χ3v) is 5.09. The molecule has 1 atom stereocenters. The van der Waals surface area contributed by atoms with E-state index in [1.807, 2.05) is 61.5 Å². The summed E-state index contributed by atoms with van der Waals surface area (Å²) in [5.74, 6) is 1.14. The van der Waals surface area contributed by atoms with Crippen LogP contribution in [-0.2, 0) is 10.5 Å². The highest BCUT2D eigenvalue weighted by Crippen LogP contribution is 2.32. The molecular weight excluding hydrogens is 346 g/mol. The monoisotopic (exact) mass is 367 g/mol. The number of amidine groups is 1. The van der Waals surface area contributed by atoms with E-state index in [-0.39, 0.29) is 6.04 Å². The summed E-state index contributed by atoms with van der Waals surface area (Å²) in [6.07, 6.45) is 0. The maximum atomic E-state index is 11.9. The van der Waals surface area contributed by atoms with Crippen molar-refractivity contribution in [2.24, 2.45) is 10.7 Å². The van der Waals surface area contributed by atoms with Gasteiger partial charge in [0.15, 0.2) is 5.17 Å². The molecule has 3 N–H and O–H groups in total. The number of benzene rings is 2. The van der Waals surface area contributed by atoms with Crippen molar-refractivity contribution in [3.63, 3.8) is 0 Å². The molecule has 1 amide bonds. The lowest BCUT2D eigenvalue weighted by Crippen LogP contribution is -2.32. The molecule has 2 aromatic rings. The Hall–Kier alpha value is -2.73. The third-order valence-electron chi connectivity index (χ3n) is 4.13. The SMILES string of the molecule is COc1ccc(CSC2=N[C@H](c3ccccc3)C(C(N)=O)=C(C)N2)cc1. The molecule has 2 aromatic carbocycles. The predicted octanol–water partition coefficient (Wildman–Crippen LogP) is 3.39. The van der Waals surface area contributed by atoms with Crippen molar-refractivity contribution in [2.75, 3.05) is 7.11 Å². The van der Waals surface area contributed by atoms with Crippen LogP contribution in [0.3, 0.4) is 0 Å². The van der Waals surface area contributed by atoms with Crippen LogP contribution in [0.4, 0.5) is 0 Å². The van der Waals surface area contributed by atoms with Gasteiger partial charge in [-0.05, 0) is 30.2 Å². The Kier molecular flexibility index (Phi) is 5.63. The lowest BCUT2D eigenvalue weighted by atomic mass is 9.96. The second-order valence-corrected chi connectivity index (χ2v) is 6.88. The van der Waals surface area contributed by atoms with Gasteiger partial charge in [-0.25, -0.2) is 4.99 Å². The summed E-state index contributed by atoms with van der Waals surface area (Å²) in [6, 6.07) is 17.3. The minimum atomic E-state index is -0.452. The summed E-state index contributed by atoms with van der Waals surface area (Å²) in [6.45, 7) is 1.86. The fourth-order valence-electron chi connectivity index (χ4n) is 2.79. The van der Waals surface area contributed by atoms with Crippen molar-refractivity contribution >= 4 is 22.8 Å². The van der Waals surface area contributed by atoms with E-state index in [0.29, 0.717) is 5.57 Å². The molecule has 6 heteroatoms. The Labute approximate surface area is 157 Å². The number of methoxy groups -OCH3 is 1. The number of aliphatic imine (C=N–C) groups is 1. The van der Waals surface area contributed by atoms with Crippen molar-refractivity contribution in [3.8, 4) is 5.75 Å². The van der Waals surface area contributed by atoms with Crippen molar-refractivity contribution in [1.82, 2.24) is 5.32 Å². The first-order chi connectivity index (χ1) is 12.6. The van der Waals surface area contributed by atoms with Gasteiger partial charge in [0.2, 0.25) is 5.91 Å². The van der Waals surface area contributed by atoms with Crippen LogP contribution in [0.1, 0.15) is 24.1 Å². The molecule has 0 spiro atoms. The number of carbonyl (C=O) groups is 1. The number of ether oxygens (including phenoxy) is 1. The normalized spacial score (nSPS) is 16.7. The van der Waals surface area contributed by atoms with E-state index in [9.17, 15) is 4.79 Å². The summed E-state index contributed by atoms with van der Waals surface area (Å²) in [5.41, 5.74) is 8.97. The first kappa shape index (κ1) is 18.1. The Morgan fingerprint density at radius 2 is 1.88 bits per heavy atom. The van der Waals surface area contributed by atoms with Crippen molar-refractivity contribution in [1.29, 1.82) is 0 Å². The van der Waals surface area contributed by atoms with E-state index < -0.39 is 5.91 Å². The molecule has 0 saturated heterocycles. The molecule has 1 heterocycles. The van der Waals surface area contributed by atoms with Crippen molar-refractivity contribution in [3.05, 3.63) is 77.0 Å². The van der Waals surface area contributed by atoms with E-state index in [1.165, 1.54) is 5.56 Å². The predicted molar refractivity (Wildman–Crippen MR) is 106 cm³/mol. The van der Waals surface area contributed by atoms with Gasteiger partial charge >= 0.3 is 0 Å². The van der Waals surface area contributed by atoms with Gasteiger partial charge in [-0.3, -0.25) is 4.79 Å². The third kappa shape index (κ3) is 4.08. The van der Waals surface area contributed by atoms with Gasteiger partial charge in [-0.2, -0.15) is 0 Å². The zero-order chi connectivity index (χ0) is 18.5. The minimum Gasteiger partial charge on any atom is -0.497 e. The van der Waals surface area contributed by atoms with Gasteiger partial charge in [0.1, 0.15) is 11.8 Å². The highest BCUT2D eigenvalue weighted by Gasteiger charge is 2.27. The van der Waals surface area contributed by atoms with Crippen molar-refractivity contribution in [2.45, 2.75) is 18.7 Å². The zero-order valence-corrected chi connectivity index (χ0v) is 15.5. The topological polar surface area (TPSA) is 76.7 Å². The van der Waals surface area contributed by atoms with E-state index in [1.54, 1.807) is 18.9 Å². The van der Waals surface area contributed by atoms with Gasteiger partial charge in [0.05, 0.1) is 12.7 Å². The molecule has 5 nitrogen and oxygen atoms in total. The second kappa shape index (κ2) is 8.10. The number of nitrogens with two attached hydrogens (primary N) is 1. The number of hydrogen-bond donors (Lipinski definition) is 2. The fourth-order valence-corrected chi connectivity index (χ4v) is 3.69. The quantitative estimate of drug-likeness (QED) is 0.849. The van der Waals surface area contributed by atoms with Crippen LogP contribution in [0.5, 0.6) is 5.75 Å². The molecule has 1 aliphatic heterocycles. The molecule has 1 aliphatic rings. The maximum Gasteiger partial charge on any atom is 0.248 e. The Morgan fingerprint density at radius 1 is 1.19 bits per heavy atom. The smallest absolute Gasteiger partial charge is 0.248 e. The summed E-state index contributed by atoms with van der Waals surface area (Å²) >= 11 is 1.59. The fraction of sp³-hybridized carbons (Fsp3) is 0.200. The number of amides is 1. The van der Waals surface area contributed by atoms with Crippen LogP contribution in [0.15, 0.2) is 70.9 Å². The second-order valence-electron chi connectivity index (χ2n) is 5.91. The summed E-state index contributed by atoms with van der Waals surface area (Å²) in [5, 5.41) is 3.98. The standard InChI is InChI=1S/C20H21N3O2S/c1-13-17(19(21)24)18(15-6-4-3-5-7-15)23-20(22-13)26-12-14-8-10-16(25-2)11-9-14/h3-11,18H,12H2,1-2H3,(H2,21,24)(H,22,23)/t18-/m1/s1. The first-order valence-electron chi connectivity index (χ1n) is 8.24. The van der Waals surface area contributed by atoms with Gasteiger partial charge in [-0.15, -0.1) is 0 Å². The van der Waals surface area contributed by atoms with Gasteiger partial charge in [0, 0.05) is 11.4 Å². The lowest BCUT2D eigenvalue weighted by molar-refractivity contribution is -0.114. The molecule has 3 rings (SSSR count). The summed E-state index contributed by atoms with van der Waals surface area (Å²) < 4.78 is 5.18. The van der Waals surface area contributed by atoms with E-state index in [4.69, 9.17) is 15.5 Å². The Morgan fingerprint density at radius 3 is 2.50 bits per heavy atom. The molecule has 0 unspecified atom stereocenters. The molecule has 0 aromatic heterocycles. The minimum absolute atomic E-state index is 0.381. The van der Waals surface area contributed by atoms with Crippen LogP contribution in [0.2, 0.25) is 0 Å². The number of hydrogen-bond acceptors (Lipinski definition) is 5. The van der Waals surface area contributed by atoms with E-state index >= 15 is 0 Å². The highest BCUT2D eigenvalue weighted by atomic mass is 32.2. The molecule has 26 heavy (non-hydrogen) atoms. The van der Waals surface area contributed by atoms with Crippen LogP contribution in [0, 0.1) is 0 Å². The average Bonchev–Trinajstić information content (AvgIpc) is 2.66. The van der Waals surface area contributed by atoms with E-state index in [2.05, 4.69) is 5.32 Å². The molecule has 0 radical (unpaired) electrons. The number of thioether (sulfide) groups is 1. The number of nitrogens with zero attached hydrogens (tertiary/aromatic N) is 1. The number of allylic oxidation sites excluding steroid dienone is 1. The van der Waals surface area contributed by atoms with Gasteiger partial charge < -0.3 is 15.8 Å². The largest absolute Gasteiger partial charge is 0.497 e. The van der Waals surface area contributed by atoms with Gasteiger partial charge in [-0.1, -0.05) is 54.2 Å². The van der Waals surface area contributed by atoms with Gasteiger partial charge in [0.25, 0.3) is 0 Å². The van der Waals surface area contributed by atoms with E-state index in [0.717, 1.165) is 27.9 Å². The molecular formula is C20H21N3O2S. The molecule has 0 fully saturated rings. The summed E-state index contributed by atoms with van der Waals surface area (Å²) in [7, 11) is 1.65. The number of primary amides is 1. The zero-order valence-electron chi connectivity index (χ0n) is 14.7. The molecule has 0 saturated carbocycles.